The number of imidazole rings is 1. The zero-order valence-corrected chi connectivity index (χ0v) is 14.1. The Bertz CT molecular complexity index is 1140. The minimum atomic E-state index is 0.217. The summed E-state index contributed by atoms with van der Waals surface area (Å²) in [5.74, 6) is 1.93. The fourth-order valence-corrected chi connectivity index (χ4v) is 3.01. The van der Waals surface area contributed by atoms with E-state index in [1.807, 2.05) is 42.5 Å². The minimum absolute atomic E-state index is 0.217. The maximum absolute atomic E-state index is 6.27. The van der Waals surface area contributed by atoms with E-state index in [2.05, 4.69) is 25.5 Å². The van der Waals surface area contributed by atoms with Crippen LogP contribution in [0, 0.1) is 0 Å². The number of nitrogens with zero attached hydrogens (tertiary/aromatic N) is 3. The maximum atomic E-state index is 6.27. The summed E-state index contributed by atoms with van der Waals surface area (Å²) in [5.41, 5.74) is 6.09. The van der Waals surface area contributed by atoms with E-state index in [1.54, 1.807) is 6.21 Å². The van der Waals surface area contributed by atoms with Gasteiger partial charge >= 0.3 is 0 Å². The lowest BCUT2D eigenvalue weighted by Gasteiger charge is -2.04. The van der Waals surface area contributed by atoms with E-state index >= 15 is 0 Å². The van der Waals surface area contributed by atoms with Crippen molar-refractivity contribution in [1.29, 1.82) is 0 Å². The number of aromatic nitrogens is 3. The van der Waals surface area contributed by atoms with Crippen LogP contribution in [0.5, 0.6) is 11.5 Å². The summed E-state index contributed by atoms with van der Waals surface area (Å²) in [6.07, 6.45) is 1.60. The molecule has 0 bridgehead atoms. The van der Waals surface area contributed by atoms with Gasteiger partial charge in [-0.1, -0.05) is 23.7 Å². The number of para-hydroxylation sites is 2. The largest absolute Gasteiger partial charge is 0.454 e. The summed E-state index contributed by atoms with van der Waals surface area (Å²) in [6.45, 7) is 0.217. The molecule has 3 heterocycles. The van der Waals surface area contributed by atoms with Crippen LogP contribution in [0.25, 0.3) is 21.9 Å². The highest BCUT2D eigenvalue weighted by atomic mass is 35.5. The highest BCUT2D eigenvalue weighted by molar-refractivity contribution is 6.32. The summed E-state index contributed by atoms with van der Waals surface area (Å²) in [5, 5.41) is 5.44. The molecule has 0 saturated carbocycles. The number of H-pyrrole nitrogens is 1. The molecule has 128 valence electrons. The van der Waals surface area contributed by atoms with Gasteiger partial charge in [0, 0.05) is 17.0 Å². The van der Waals surface area contributed by atoms with Gasteiger partial charge in [0.25, 0.3) is 0 Å². The van der Waals surface area contributed by atoms with Crippen LogP contribution in [0.15, 0.2) is 47.6 Å². The first-order chi connectivity index (χ1) is 12.8. The molecule has 2 N–H and O–H groups in total. The van der Waals surface area contributed by atoms with Crippen LogP contribution in [0.2, 0.25) is 5.15 Å². The number of pyridine rings is 1. The molecule has 7 nitrogen and oxygen atoms in total. The number of hydrogen-bond acceptors (Lipinski definition) is 6. The molecule has 4 aromatic rings. The second-order valence-electron chi connectivity index (χ2n) is 5.74. The molecule has 0 atom stereocenters. The Balaban J connectivity index is 1.43. The van der Waals surface area contributed by atoms with Gasteiger partial charge in [-0.3, -0.25) is 0 Å². The van der Waals surface area contributed by atoms with Gasteiger partial charge in [0.1, 0.15) is 5.15 Å². The number of halogens is 1. The number of rotatable bonds is 3. The smallest absolute Gasteiger partial charge is 0.231 e. The molecule has 1 aliphatic heterocycles. The summed E-state index contributed by atoms with van der Waals surface area (Å²) in [6, 6.07) is 13.3. The van der Waals surface area contributed by atoms with Crippen molar-refractivity contribution in [2.45, 2.75) is 0 Å². The van der Waals surface area contributed by atoms with E-state index < -0.39 is 0 Å². The van der Waals surface area contributed by atoms with Crippen molar-refractivity contribution in [2.75, 3.05) is 12.2 Å². The van der Waals surface area contributed by atoms with Crippen molar-refractivity contribution in [1.82, 2.24) is 15.0 Å². The Morgan fingerprint density at radius 1 is 1.08 bits per heavy atom. The topological polar surface area (TPSA) is 84.4 Å². The predicted octanol–water partition coefficient (Wildman–Crippen LogP) is 3.94. The van der Waals surface area contributed by atoms with Crippen molar-refractivity contribution in [3.8, 4) is 11.5 Å². The molecule has 0 amide bonds. The Kier molecular flexibility index (Phi) is 3.39. The normalized spacial score (nSPS) is 13.1. The SMILES string of the molecule is Clc1nc2cc3c(cc2cc1/C=N\Nc1nc2ccccc2[nH]1)OCO3. The number of nitrogens with one attached hydrogen (secondary N) is 2. The van der Waals surface area contributed by atoms with Crippen molar-refractivity contribution < 1.29 is 9.47 Å². The third-order valence-corrected chi connectivity index (χ3v) is 4.36. The van der Waals surface area contributed by atoms with E-state index in [-0.39, 0.29) is 6.79 Å². The summed E-state index contributed by atoms with van der Waals surface area (Å²) in [7, 11) is 0. The number of fused-ring (bicyclic) bond motifs is 3. The Morgan fingerprint density at radius 3 is 2.81 bits per heavy atom. The number of hydrazone groups is 1. The van der Waals surface area contributed by atoms with Crippen molar-refractivity contribution >= 4 is 45.7 Å². The first-order valence-corrected chi connectivity index (χ1v) is 8.28. The van der Waals surface area contributed by atoms with Gasteiger partial charge in [0.15, 0.2) is 11.5 Å². The minimum Gasteiger partial charge on any atom is -0.454 e. The average molecular weight is 366 g/mol. The van der Waals surface area contributed by atoms with Crippen molar-refractivity contribution in [2.24, 2.45) is 5.10 Å². The molecule has 0 spiro atoms. The lowest BCUT2D eigenvalue weighted by Crippen LogP contribution is -1.94. The summed E-state index contributed by atoms with van der Waals surface area (Å²) in [4.78, 5) is 11.9. The molecule has 5 rings (SSSR count). The van der Waals surface area contributed by atoms with Gasteiger partial charge in [-0.05, 0) is 24.3 Å². The Morgan fingerprint density at radius 2 is 1.92 bits per heavy atom. The highest BCUT2D eigenvalue weighted by Gasteiger charge is 2.15. The summed E-state index contributed by atoms with van der Waals surface area (Å²) >= 11 is 6.27. The predicted molar refractivity (Wildman–Crippen MR) is 100 cm³/mol. The average Bonchev–Trinajstić information content (AvgIpc) is 3.26. The molecule has 0 fully saturated rings. The third-order valence-electron chi connectivity index (χ3n) is 4.05. The van der Waals surface area contributed by atoms with Gasteiger partial charge in [-0.25, -0.2) is 15.4 Å². The van der Waals surface area contributed by atoms with E-state index in [0.29, 0.717) is 28.2 Å². The molecule has 0 saturated heterocycles. The first-order valence-electron chi connectivity index (χ1n) is 7.90. The van der Waals surface area contributed by atoms with Gasteiger partial charge in [0.05, 0.1) is 22.8 Å². The molecule has 26 heavy (non-hydrogen) atoms. The second-order valence-corrected chi connectivity index (χ2v) is 6.10. The molecular formula is C18H12ClN5O2. The number of benzene rings is 2. The van der Waals surface area contributed by atoms with E-state index in [0.717, 1.165) is 21.9 Å². The zero-order chi connectivity index (χ0) is 17.5. The number of hydrogen-bond donors (Lipinski definition) is 2. The lowest BCUT2D eigenvalue weighted by atomic mass is 10.1. The monoisotopic (exact) mass is 365 g/mol. The lowest BCUT2D eigenvalue weighted by molar-refractivity contribution is 0.174. The van der Waals surface area contributed by atoms with Crippen LogP contribution in [0.4, 0.5) is 5.95 Å². The number of aromatic amines is 1. The van der Waals surface area contributed by atoms with E-state index in [4.69, 9.17) is 21.1 Å². The zero-order valence-electron chi connectivity index (χ0n) is 13.4. The molecule has 2 aromatic carbocycles. The van der Waals surface area contributed by atoms with Crippen LogP contribution in [-0.2, 0) is 0 Å². The second kappa shape index (κ2) is 5.89. The molecule has 0 unspecified atom stereocenters. The van der Waals surface area contributed by atoms with Crippen LogP contribution in [-0.4, -0.2) is 28.0 Å². The van der Waals surface area contributed by atoms with Gasteiger partial charge < -0.3 is 14.5 Å². The molecular weight excluding hydrogens is 354 g/mol. The van der Waals surface area contributed by atoms with E-state index in [9.17, 15) is 0 Å². The molecule has 0 aliphatic carbocycles. The summed E-state index contributed by atoms with van der Waals surface area (Å²) < 4.78 is 10.8. The van der Waals surface area contributed by atoms with Crippen molar-refractivity contribution in [3.05, 3.63) is 53.2 Å². The maximum Gasteiger partial charge on any atom is 0.231 e. The van der Waals surface area contributed by atoms with Crippen LogP contribution in [0.3, 0.4) is 0 Å². The Labute approximate surface area is 152 Å². The first kappa shape index (κ1) is 15.0. The molecule has 0 radical (unpaired) electrons. The molecule has 1 aliphatic rings. The van der Waals surface area contributed by atoms with E-state index in [1.165, 1.54) is 0 Å². The van der Waals surface area contributed by atoms with Crippen LogP contribution < -0.4 is 14.9 Å². The number of ether oxygens (including phenoxy) is 2. The molecule has 2 aromatic heterocycles. The van der Waals surface area contributed by atoms with Gasteiger partial charge in [0.2, 0.25) is 12.7 Å². The Hall–Kier alpha value is -3.32. The fraction of sp³-hybridized carbons (Fsp3) is 0.0556. The van der Waals surface area contributed by atoms with Gasteiger partial charge in [-0.2, -0.15) is 5.10 Å². The standard InChI is InChI=1S/C18H12ClN5O2/c19-17-11(5-10-6-15-16(26-9-25-15)7-14(10)21-17)8-20-24-18-22-12-3-1-2-4-13(12)23-18/h1-8H,9H2,(H2,22,23,24)/b20-8-. The molecule has 8 heteroatoms. The van der Waals surface area contributed by atoms with Gasteiger partial charge in [-0.15, -0.1) is 0 Å². The fourth-order valence-electron chi connectivity index (χ4n) is 2.82. The quantitative estimate of drug-likeness (QED) is 0.326. The van der Waals surface area contributed by atoms with Crippen LogP contribution in [0.1, 0.15) is 5.56 Å². The third kappa shape index (κ3) is 2.58. The van der Waals surface area contributed by atoms with Crippen molar-refractivity contribution in [3.63, 3.8) is 0 Å². The number of anilines is 1. The van der Waals surface area contributed by atoms with Crippen LogP contribution >= 0.6 is 11.6 Å². The highest BCUT2D eigenvalue weighted by Crippen LogP contribution is 2.36.